The van der Waals surface area contributed by atoms with Crippen LogP contribution in [0.25, 0.3) is 10.9 Å². The smallest absolute Gasteiger partial charge is 0.196 e. The van der Waals surface area contributed by atoms with E-state index in [1.165, 1.54) is 0 Å². The Hall–Kier alpha value is -2.85. The van der Waals surface area contributed by atoms with Crippen LogP contribution in [0.5, 0.6) is 0 Å². The third-order valence-electron chi connectivity index (χ3n) is 4.13. The van der Waals surface area contributed by atoms with E-state index in [0.29, 0.717) is 11.3 Å². The first kappa shape index (κ1) is 15.7. The highest BCUT2D eigenvalue weighted by molar-refractivity contribution is 7.94. The molecule has 0 bridgehead atoms. The summed E-state index contributed by atoms with van der Waals surface area (Å²) in [5.74, 6) is 0. The van der Waals surface area contributed by atoms with Crippen molar-refractivity contribution in [1.82, 2.24) is 4.98 Å². The van der Waals surface area contributed by atoms with Gasteiger partial charge in [0.25, 0.3) is 0 Å². The van der Waals surface area contributed by atoms with Crippen LogP contribution >= 0.6 is 0 Å². The van der Waals surface area contributed by atoms with Gasteiger partial charge in [0.1, 0.15) is 0 Å². The van der Waals surface area contributed by atoms with Crippen LogP contribution in [0.3, 0.4) is 0 Å². The SMILES string of the molecule is O=S(=O)([C](c1ccccc1)c1cc2ccccc2[nH]1)c1ccccc1. The molecule has 0 aliphatic rings. The fraction of sp³-hybridized carbons (Fsp3) is 0. The number of fused-ring (bicyclic) bond motifs is 1. The van der Waals surface area contributed by atoms with E-state index >= 15 is 0 Å². The summed E-state index contributed by atoms with van der Waals surface area (Å²) in [6, 6.07) is 27.4. The summed E-state index contributed by atoms with van der Waals surface area (Å²) in [6.45, 7) is 0. The summed E-state index contributed by atoms with van der Waals surface area (Å²) >= 11 is 0. The van der Waals surface area contributed by atoms with E-state index in [1.807, 2.05) is 66.7 Å². The van der Waals surface area contributed by atoms with Gasteiger partial charge in [-0.1, -0.05) is 66.7 Å². The van der Waals surface area contributed by atoms with Gasteiger partial charge in [0.2, 0.25) is 0 Å². The molecule has 1 heterocycles. The van der Waals surface area contributed by atoms with Crippen LogP contribution in [0.1, 0.15) is 11.3 Å². The van der Waals surface area contributed by atoms with E-state index in [1.54, 1.807) is 24.3 Å². The molecule has 25 heavy (non-hydrogen) atoms. The first-order valence-electron chi connectivity index (χ1n) is 7.97. The number of nitrogens with one attached hydrogen (secondary N) is 1. The lowest BCUT2D eigenvalue weighted by Gasteiger charge is -2.16. The summed E-state index contributed by atoms with van der Waals surface area (Å²) in [7, 11) is -3.67. The Morgan fingerprint density at radius 2 is 1.32 bits per heavy atom. The van der Waals surface area contributed by atoms with Gasteiger partial charge in [-0.25, -0.2) is 8.42 Å². The maximum Gasteiger partial charge on any atom is 0.196 e. The number of hydrogen-bond donors (Lipinski definition) is 1. The standard InChI is InChI=1S/C21H16NO2S/c23-25(24,18-12-5-2-6-13-18)21(16-9-3-1-4-10-16)20-15-17-11-7-8-14-19(17)22-20/h1-15,22H. The van der Waals surface area contributed by atoms with Crippen LogP contribution < -0.4 is 0 Å². The number of sulfone groups is 1. The zero-order valence-corrected chi connectivity index (χ0v) is 14.2. The number of hydrogen-bond acceptors (Lipinski definition) is 2. The van der Waals surface area contributed by atoms with E-state index < -0.39 is 9.84 Å². The maximum atomic E-state index is 13.4. The van der Waals surface area contributed by atoms with E-state index in [0.717, 1.165) is 10.9 Å². The van der Waals surface area contributed by atoms with Gasteiger partial charge < -0.3 is 4.98 Å². The molecular formula is C21H16NO2S. The number of H-pyrrole nitrogens is 1. The Bertz CT molecular complexity index is 1070. The average molecular weight is 346 g/mol. The molecule has 0 aliphatic carbocycles. The van der Waals surface area contributed by atoms with Crippen molar-refractivity contribution in [2.45, 2.75) is 4.90 Å². The van der Waals surface area contributed by atoms with Crippen LogP contribution in [0.2, 0.25) is 0 Å². The number of benzene rings is 3. The van der Waals surface area contributed by atoms with Crippen LogP contribution in [0.4, 0.5) is 0 Å². The summed E-state index contributed by atoms with van der Waals surface area (Å²) in [6.07, 6.45) is 0. The van der Waals surface area contributed by atoms with Gasteiger partial charge in [-0.3, -0.25) is 0 Å². The highest BCUT2D eigenvalue weighted by Gasteiger charge is 2.33. The van der Waals surface area contributed by atoms with Crippen molar-refractivity contribution in [2.75, 3.05) is 0 Å². The van der Waals surface area contributed by atoms with Gasteiger partial charge in [0.15, 0.2) is 15.1 Å². The molecule has 1 radical (unpaired) electrons. The molecule has 0 aliphatic heterocycles. The molecule has 0 amide bonds. The molecule has 1 N–H and O–H groups in total. The molecule has 4 heteroatoms. The minimum absolute atomic E-state index is 0.285. The number of para-hydroxylation sites is 1. The Labute approximate surface area is 146 Å². The molecule has 123 valence electrons. The van der Waals surface area contributed by atoms with Gasteiger partial charge in [0.05, 0.1) is 4.90 Å². The van der Waals surface area contributed by atoms with Crippen LogP contribution in [0, 0.1) is 5.25 Å². The van der Waals surface area contributed by atoms with Crippen molar-refractivity contribution in [3.05, 3.63) is 108 Å². The van der Waals surface area contributed by atoms with Crippen LogP contribution in [0.15, 0.2) is 95.9 Å². The number of rotatable bonds is 4. The molecular weight excluding hydrogens is 330 g/mol. The lowest BCUT2D eigenvalue weighted by atomic mass is 10.1. The molecule has 0 saturated carbocycles. The Balaban J connectivity index is 1.94. The Kier molecular flexibility index (Phi) is 3.90. The fourth-order valence-corrected chi connectivity index (χ4v) is 4.56. The van der Waals surface area contributed by atoms with Gasteiger partial charge in [0, 0.05) is 11.2 Å². The highest BCUT2D eigenvalue weighted by atomic mass is 32.2. The molecule has 3 aromatic carbocycles. The second kappa shape index (κ2) is 6.22. The van der Waals surface area contributed by atoms with Gasteiger partial charge in [-0.2, -0.15) is 0 Å². The van der Waals surface area contributed by atoms with E-state index in [-0.39, 0.29) is 10.1 Å². The minimum Gasteiger partial charge on any atom is -0.357 e. The van der Waals surface area contributed by atoms with E-state index in [4.69, 9.17) is 0 Å². The van der Waals surface area contributed by atoms with Crippen molar-refractivity contribution in [3.8, 4) is 0 Å². The zero-order valence-electron chi connectivity index (χ0n) is 13.4. The Morgan fingerprint density at radius 1 is 0.720 bits per heavy atom. The van der Waals surface area contributed by atoms with Crippen molar-refractivity contribution in [3.63, 3.8) is 0 Å². The fourth-order valence-electron chi connectivity index (χ4n) is 2.96. The monoisotopic (exact) mass is 346 g/mol. The summed E-state index contributed by atoms with van der Waals surface area (Å²) < 4.78 is 26.7. The molecule has 3 nitrogen and oxygen atoms in total. The van der Waals surface area contributed by atoms with E-state index in [2.05, 4.69) is 4.98 Å². The Morgan fingerprint density at radius 3 is 2.00 bits per heavy atom. The molecule has 1 aromatic heterocycles. The third kappa shape index (κ3) is 2.85. The summed E-state index contributed by atoms with van der Waals surface area (Å²) in [4.78, 5) is 3.54. The predicted molar refractivity (Wildman–Crippen MR) is 99.8 cm³/mol. The topological polar surface area (TPSA) is 49.9 Å². The molecule has 0 spiro atoms. The largest absolute Gasteiger partial charge is 0.357 e. The van der Waals surface area contributed by atoms with Gasteiger partial charge >= 0.3 is 0 Å². The summed E-state index contributed by atoms with van der Waals surface area (Å²) in [5.41, 5.74) is 2.17. The molecule has 0 atom stereocenters. The van der Waals surface area contributed by atoms with Crippen LogP contribution in [-0.2, 0) is 9.84 Å². The first-order valence-corrected chi connectivity index (χ1v) is 9.45. The third-order valence-corrected chi connectivity index (χ3v) is 6.02. The average Bonchev–Trinajstić information content (AvgIpc) is 3.06. The van der Waals surface area contributed by atoms with Crippen molar-refractivity contribution < 1.29 is 8.42 Å². The quantitative estimate of drug-likeness (QED) is 0.588. The maximum absolute atomic E-state index is 13.4. The second-order valence-electron chi connectivity index (χ2n) is 5.78. The highest BCUT2D eigenvalue weighted by Crippen LogP contribution is 2.34. The molecule has 4 rings (SSSR count). The summed E-state index contributed by atoms with van der Waals surface area (Å²) in [5, 5.41) is 1.27. The lowest BCUT2D eigenvalue weighted by Crippen LogP contribution is -2.16. The minimum atomic E-state index is -3.67. The van der Waals surface area contributed by atoms with Crippen molar-refractivity contribution in [2.24, 2.45) is 0 Å². The lowest BCUT2D eigenvalue weighted by molar-refractivity contribution is 0.599. The molecule has 0 saturated heterocycles. The first-order chi connectivity index (χ1) is 12.2. The van der Waals surface area contributed by atoms with Crippen LogP contribution in [-0.4, -0.2) is 13.4 Å². The predicted octanol–water partition coefficient (Wildman–Crippen LogP) is 4.57. The molecule has 0 fully saturated rings. The van der Waals surface area contributed by atoms with E-state index in [9.17, 15) is 8.42 Å². The van der Waals surface area contributed by atoms with Gasteiger partial charge in [-0.05, 0) is 35.2 Å². The van der Waals surface area contributed by atoms with Crippen molar-refractivity contribution >= 4 is 20.7 Å². The number of aromatic nitrogens is 1. The van der Waals surface area contributed by atoms with Gasteiger partial charge in [-0.15, -0.1) is 0 Å². The molecule has 4 aromatic rings. The second-order valence-corrected chi connectivity index (χ2v) is 7.67. The zero-order chi connectivity index (χ0) is 17.3. The normalized spacial score (nSPS) is 11.9. The molecule has 0 unspecified atom stereocenters. The number of aromatic amines is 1. The van der Waals surface area contributed by atoms with Crippen molar-refractivity contribution in [1.29, 1.82) is 0 Å².